The van der Waals surface area contributed by atoms with E-state index in [4.69, 9.17) is 4.74 Å². The third kappa shape index (κ3) is 4.07. The lowest BCUT2D eigenvalue weighted by molar-refractivity contribution is 0.0950. The van der Waals surface area contributed by atoms with Gasteiger partial charge in [-0.1, -0.05) is 19.1 Å². The minimum absolute atomic E-state index is 0.0894. The summed E-state index contributed by atoms with van der Waals surface area (Å²) in [7, 11) is 0. The number of carbonyl (C=O) groups excluding carboxylic acids is 1. The lowest BCUT2D eigenvalue weighted by Crippen LogP contribution is -2.23. The fourth-order valence-corrected chi connectivity index (χ4v) is 2.05. The Bertz CT molecular complexity index is 653. The molecule has 1 N–H and O–H groups in total. The van der Waals surface area contributed by atoms with Crippen molar-refractivity contribution in [2.24, 2.45) is 0 Å². The molecule has 1 amide bonds. The first kappa shape index (κ1) is 16.0. The van der Waals surface area contributed by atoms with Crippen LogP contribution in [0.3, 0.4) is 0 Å². The van der Waals surface area contributed by atoms with Crippen molar-refractivity contribution < 1.29 is 9.53 Å². The summed E-state index contributed by atoms with van der Waals surface area (Å²) in [5.74, 6) is 0.498. The van der Waals surface area contributed by atoms with Crippen LogP contribution in [0.5, 0.6) is 5.88 Å². The minimum atomic E-state index is -0.0894. The van der Waals surface area contributed by atoms with E-state index in [0.29, 0.717) is 24.6 Å². The van der Waals surface area contributed by atoms with E-state index >= 15 is 0 Å². The van der Waals surface area contributed by atoms with Crippen molar-refractivity contribution in [2.75, 3.05) is 6.61 Å². The van der Waals surface area contributed by atoms with Gasteiger partial charge < -0.3 is 10.1 Å². The largest absolute Gasteiger partial charge is 0.477 e. The third-order valence-corrected chi connectivity index (χ3v) is 3.50. The second-order valence-corrected chi connectivity index (χ2v) is 5.30. The van der Waals surface area contributed by atoms with Gasteiger partial charge >= 0.3 is 0 Å². The smallest absolute Gasteiger partial charge is 0.251 e. The van der Waals surface area contributed by atoms with Crippen LogP contribution in [0.15, 0.2) is 36.5 Å². The lowest BCUT2D eigenvalue weighted by Gasteiger charge is -2.11. The Kier molecular flexibility index (Phi) is 5.53. The first-order valence-electron chi connectivity index (χ1n) is 7.54. The number of hydrogen-bond acceptors (Lipinski definition) is 3. The summed E-state index contributed by atoms with van der Waals surface area (Å²) < 4.78 is 5.60. The van der Waals surface area contributed by atoms with Crippen LogP contribution >= 0.6 is 0 Å². The van der Waals surface area contributed by atoms with Crippen molar-refractivity contribution in [3.8, 4) is 5.88 Å². The van der Waals surface area contributed by atoms with Gasteiger partial charge in [0.1, 0.15) is 0 Å². The molecule has 1 aromatic carbocycles. The van der Waals surface area contributed by atoms with E-state index in [2.05, 4.69) is 10.3 Å². The number of rotatable bonds is 6. The maximum absolute atomic E-state index is 12.2. The Morgan fingerprint density at radius 3 is 2.77 bits per heavy atom. The number of aryl methyl sites for hydroxylation is 2. The van der Waals surface area contributed by atoms with E-state index in [1.54, 1.807) is 6.20 Å². The predicted molar refractivity (Wildman–Crippen MR) is 87.1 cm³/mol. The summed E-state index contributed by atoms with van der Waals surface area (Å²) in [5.41, 5.74) is 3.84. The highest BCUT2D eigenvalue weighted by Gasteiger charge is 2.09. The molecule has 2 rings (SSSR count). The van der Waals surface area contributed by atoms with E-state index < -0.39 is 0 Å². The standard InChI is InChI=1S/C18H22N2O2/c1-4-10-22-18-16(6-5-9-19-18)12-20-17(21)15-8-7-13(2)14(3)11-15/h5-9,11H,4,10,12H2,1-3H3,(H,20,21). The molecule has 0 bridgehead atoms. The molecular weight excluding hydrogens is 276 g/mol. The zero-order valence-corrected chi connectivity index (χ0v) is 13.3. The number of benzene rings is 1. The normalized spacial score (nSPS) is 10.3. The number of nitrogens with zero attached hydrogens (tertiary/aromatic N) is 1. The molecule has 0 spiro atoms. The number of aromatic nitrogens is 1. The maximum Gasteiger partial charge on any atom is 0.251 e. The molecule has 0 fully saturated rings. The van der Waals surface area contributed by atoms with Gasteiger partial charge in [-0.3, -0.25) is 4.79 Å². The number of ether oxygens (including phenoxy) is 1. The second kappa shape index (κ2) is 7.59. The summed E-state index contributed by atoms with van der Waals surface area (Å²) in [6, 6.07) is 9.47. The van der Waals surface area contributed by atoms with Gasteiger partial charge in [0, 0.05) is 23.9 Å². The van der Waals surface area contributed by atoms with Crippen LogP contribution in [-0.2, 0) is 6.54 Å². The van der Waals surface area contributed by atoms with Gasteiger partial charge in [-0.15, -0.1) is 0 Å². The molecule has 0 aliphatic carbocycles. The summed E-state index contributed by atoms with van der Waals surface area (Å²) in [4.78, 5) is 16.5. The highest BCUT2D eigenvalue weighted by atomic mass is 16.5. The molecule has 4 nitrogen and oxygen atoms in total. The average Bonchev–Trinajstić information content (AvgIpc) is 2.54. The summed E-state index contributed by atoms with van der Waals surface area (Å²) in [6.07, 6.45) is 2.62. The highest BCUT2D eigenvalue weighted by molar-refractivity contribution is 5.94. The Morgan fingerprint density at radius 2 is 2.05 bits per heavy atom. The topological polar surface area (TPSA) is 51.2 Å². The third-order valence-electron chi connectivity index (χ3n) is 3.50. The molecule has 2 aromatic rings. The van der Waals surface area contributed by atoms with E-state index in [-0.39, 0.29) is 5.91 Å². The molecule has 4 heteroatoms. The molecular formula is C18H22N2O2. The molecule has 0 radical (unpaired) electrons. The molecule has 22 heavy (non-hydrogen) atoms. The van der Waals surface area contributed by atoms with E-state index in [1.807, 2.05) is 51.1 Å². The number of pyridine rings is 1. The fraction of sp³-hybridized carbons (Fsp3) is 0.333. The molecule has 0 aliphatic heterocycles. The van der Waals surface area contributed by atoms with Crippen LogP contribution in [0.1, 0.15) is 40.4 Å². The van der Waals surface area contributed by atoms with Gasteiger partial charge in [0.2, 0.25) is 5.88 Å². The number of amides is 1. The maximum atomic E-state index is 12.2. The van der Waals surface area contributed by atoms with E-state index in [9.17, 15) is 4.79 Å². The van der Waals surface area contributed by atoms with Crippen molar-refractivity contribution in [1.29, 1.82) is 0 Å². The van der Waals surface area contributed by atoms with Gasteiger partial charge in [-0.05, 0) is 49.6 Å². The monoisotopic (exact) mass is 298 g/mol. The molecule has 0 unspecified atom stereocenters. The Balaban J connectivity index is 2.03. The van der Waals surface area contributed by atoms with Crippen LogP contribution in [0.4, 0.5) is 0 Å². The molecule has 0 atom stereocenters. The second-order valence-electron chi connectivity index (χ2n) is 5.30. The number of nitrogens with one attached hydrogen (secondary N) is 1. The SMILES string of the molecule is CCCOc1ncccc1CNC(=O)c1ccc(C)c(C)c1. The van der Waals surface area contributed by atoms with Crippen molar-refractivity contribution in [3.63, 3.8) is 0 Å². The van der Waals surface area contributed by atoms with Gasteiger partial charge in [-0.25, -0.2) is 4.98 Å². The quantitative estimate of drug-likeness (QED) is 0.889. The summed E-state index contributed by atoms with van der Waals surface area (Å²) in [6.45, 7) is 7.10. The highest BCUT2D eigenvalue weighted by Crippen LogP contribution is 2.15. The first-order valence-corrected chi connectivity index (χ1v) is 7.54. The first-order chi connectivity index (χ1) is 10.6. The van der Waals surface area contributed by atoms with Gasteiger partial charge in [0.15, 0.2) is 0 Å². The van der Waals surface area contributed by atoms with Crippen molar-refractivity contribution in [3.05, 3.63) is 58.8 Å². The zero-order chi connectivity index (χ0) is 15.9. The van der Waals surface area contributed by atoms with E-state index in [0.717, 1.165) is 17.5 Å². The lowest BCUT2D eigenvalue weighted by atomic mass is 10.1. The van der Waals surface area contributed by atoms with Crippen LogP contribution in [-0.4, -0.2) is 17.5 Å². The Labute approximate surface area is 131 Å². The average molecular weight is 298 g/mol. The van der Waals surface area contributed by atoms with Crippen molar-refractivity contribution >= 4 is 5.91 Å². The molecule has 1 aromatic heterocycles. The van der Waals surface area contributed by atoms with Crippen molar-refractivity contribution in [2.45, 2.75) is 33.7 Å². The van der Waals surface area contributed by atoms with E-state index in [1.165, 1.54) is 5.56 Å². The predicted octanol–water partition coefficient (Wildman–Crippen LogP) is 3.42. The van der Waals surface area contributed by atoms with Crippen molar-refractivity contribution in [1.82, 2.24) is 10.3 Å². The minimum Gasteiger partial charge on any atom is -0.477 e. The molecule has 0 saturated heterocycles. The van der Waals surface area contributed by atoms with Crippen LogP contribution in [0, 0.1) is 13.8 Å². The molecule has 1 heterocycles. The number of carbonyl (C=O) groups is 1. The van der Waals surface area contributed by atoms with Crippen LogP contribution in [0.2, 0.25) is 0 Å². The van der Waals surface area contributed by atoms with Gasteiger partial charge in [0.05, 0.1) is 6.61 Å². The Morgan fingerprint density at radius 1 is 1.23 bits per heavy atom. The summed E-state index contributed by atoms with van der Waals surface area (Å²) >= 11 is 0. The fourth-order valence-electron chi connectivity index (χ4n) is 2.05. The van der Waals surface area contributed by atoms with Crippen LogP contribution < -0.4 is 10.1 Å². The zero-order valence-electron chi connectivity index (χ0n) is 13.3. The Hall–Kier alpha value is -2.36. The van der Waals surface area contributed by atoms with Gasteiger partial charge in [-0.2, -0.15) is 0 Å². The number of hydrogen-bond donors (Lipinski definition) is 1. The summed E-state index contributed by atoms with van der Waals surface area (Å²) in [5, 5.41) is 2.92. The molecule has 116 valence electrons. The molecule has 0 aliphatic rings. The van der Waals surface area contributed by atoms with Gasteiger partial charge in [0.25, 0.3) is 5.91 Å². The molecule has 0 saturated carbocycles. The van der Waals surface area contributed by atoms with Crippen LogP contribution in [0.25, 0.3) is 0 Å².